The van der Waals surface area contributed by atoms with Crippen LogP contribution in [0.1, 0.15) is 43.1 Å². The highest BCUT2D eigenvalue weighted by molar-refractivity contribution is 5.45. The molecule has 0 unspecified atom stereocenters. The van der Waals surface area contributed by atoms with E-state index in [4.69, 9.17) is 0 Å². The molecule has 2 aliphatic rings. The first-order valence-corrected chi connectivity index (χ1v) is 8.94. The van der Waals surface area contributed by atoms with Crippen LogP contribution >= 0.6 is 0 Å². The second-order valence-corrected chi connectivity index (χ2v) is 7.44. The fourth-order valence-corrected chi connectivity index (χ4v) is 3.13. The van der Waals surface area contributed by atoms with Crippen LogP contribution in [0, 0.1) is 5.92 Å². The predicted octanol–water partition coefficient (Wildman–Crippen LogP) is 2.49. The van der Waals surface area contributed by atoms with Gasteiger partial charge in [0, 0.05) is 32.9 Å². The Labute approximate surface area is 143 Å². The van der Waals surface area contributed by atoms with E-state index in [0.717, 1.165) is 31.4 Å². The van der Waals surface area contributed by atoms with E-state index in [1.165, 1.54) is 36.9 Å². The van der Waals surface area contributed by atoms with Gasteiger partial charge in [0.25, 0.3) is 0 Å². The van der Waals surface area contributed by atoms with Gasteiger partial charge in [-0.15, -0.1) is 5.10 Å². The van der Waals surface area contributed by atoms with E-state index in [-0.39, 0.29) is 0 Å². The molecule has 2 saturated carbocycles. The smallest absolute Gasteiger partial charge is 0.165 e. The van der Waals surface area contributed by atoms with Crippen LogP contribution in [0.2, 0.25) is 0 Å². The molecule has 0 spiro atoms. The van der Waals surface area contributed by atoms with Gasteiger partial charge in [-0.05, 0) is 59.7 Å². The first kappa shape index (κ1) is 15.6. The summed E-state index contributed by atoms with van der Waals surface area (Å²) in [5.41, 5.74) is 2.59. The number of aromatic nitrogens is 4. The van der Waals surface area contributed by atoms with Gasteiger partial charge < -0.3 is 4.90 Å². The van der Waals surface area contributed by atoms with Crippen LogP contribution in [0.25, 0.3) is 0 Å². The Balaban J connectivity index is 1.45. The molecule has 0 saturated heterocycles. The Kier molecular flexibility index (Phi) is 4.22. The molecule has 6 nitrogen and oxygen atoms in total. The van der Waals surface area contributed by atoms with Gasteiger partial charge in [0.2, 0.25) is 0 Å². The molecule has 0 bridgehead atoms. The van der Waals surface area contributed by atoms with Crippen molar-refractivity contribution in [3.05, 3.63) is 35.7 Å². The van der Waals surface area contributed by atoms with Gasteiger partial charge in [0.15, 0.2) is 5.82 Å². The van der Waals surface area contributed by atoms with Crippen molar-refractivity contribution in [1.82, 2.24) is 25.1 Å². The molecule has 0 atom stereocenters. The maximum absolute atomic E-state index is 4.28. The van der Waals surface area contributed by atoms with Gasteiger partial charge in [-0.25, -0.2) is 4.68 Å². The standard InChI is InChI=1S/C18H26N6/c1-22(2)16-7-5-15(6-8-16)12-23(11-14-3-4-14)13-18-19-20-21-24(18)17-9-10-17/h5-8,14,17H,3-4,9-13H2,1-2H3. The van der Waals surface area contributed by atoms with Crippen molar-refractivity contribution in [2.24, 2.45) is 5.92 Å². The van der Waals surface area contributed by atoms with Crippen molar-refractivity contribution in [2.75, 3.05) is 25.5 Å². The molecular weight excluding hydrogens is 300 g/mol. The second-order valence-electron chi connectivity index (χ2n) is 7.44. The zero-order valence-electron chi connectivity index (χ0n) is 14.6. The van der Waals surface area contributed by atoms with E-state index in [1.807, 2.05) is 4.68 Å². The SMILES string of the molecule is CN(C)c1ccc(CN(Cc2nnnn2C2CC2)CC2CC2)cc1. The van der Waals surface area contributed by atoms with Gasteiger partial charge in [-0.1, -0.05) is 12.1 Å². The molecule has 24 heavy (non-hydrogen) atoms. The fourth-order valence-electron chi connectivity index (χ4n) is 3.13. The van der Waals surface area contributed by atoms with Crippen LogP contribution in [-0.2, 0) is 13.1 Å². The molecule has 0 aliphatic heterocycles. The van der Waals surface area contributed by atoms with Crippen molar-refractivity contribution in [2.45, 2.75) is 44.8 Å². The second kappa shape index (κ2) is 6.51. The minimum Gasteiger partial charge on any atom is -0.378 e. The third-order valence-electron chi connectivity index (χ3n) is 4.89. The van der Waals surface area contributed by atoms with Gasteiger partial charge in [-0.2, -0.15) is 0 Å². The van der Waals surface area contributed by atoms with Crippen LogP contribution in [0.15, 0.2) is 24.3 Å². The molecule has 0 amide bonds. The number of hydrogen-bond donors (Lipinski definition) is 0. The van der Waals surface area contributed by atoms with Gasteiger partial charge in [-0.3, -0.25) is 4.90 Å². The molecular formula is C18H26N6. The summed E-state index contributed by atoms with van der Waals surface area (Å²) in [5.74, 6) is 1.87. The Morgan fingerprint density at radius 2 is 1.79 bits per heavy atom. The van der Waals surface area contributed by atoms with E-state index in [2.05, 4.69) is 63.7 Å². The number of benzene rings is 1. The van der Waals surface area contributed by atoms with E-state index >= 15 is 0 Å². The average molecular weight is 326 g/mol. The van der Waals surface area contributed by atoms with Crippen LogP contribution in [-0.4, -0.2) is 45.7 Å². The Morgan fingerprint density at radius 3 is 2.42 bits per heavy atom. The average Bonchev–Trinajstić information content (AvgIpc) is 3.49. The fraction of sp³-hybridized carbons (Fsp3) is 0.611. The van der Waals surface area contributed by atoms with Crippen molar-refractivity contribution < 1.29 is 0 Å². The molecule has 4 rings (SSSR count). The quantitative estimate of drug-likeness (QED) is 0.746. The third kappa shape index (κ3) is 3.75. The van der Waals surface area contributed by atoms with Gasteiger partial charge >= 0.3 is 0 Å². The highest BCUT2D eigenvalue weighted by Gasteiger charge is 2.30. The van der Waals surface area contributed by atoms with Crippen molar-refractivity contribution in [1.29, 1.82) is 0 Å². The van der Waals surface area contributed by atoms with Gasteiger partial charge in [0.1, 0.15) is 0 Å². The summed E-state index contributed by atoms with van der Waals surface area (Å²) in [5, 5.41) is 12.4. The highest BCUT2D eigenvalue weighted by atomic mass is 15.6. The number of hydrogen-bond acceptors (Lipinski definition) is 5. The minimum absolute atomic E-state index is 0.539. The molecule has 1 heterocycles. The zero-order valence-corrected chi connectivity index (χ0v) is 14.6. The molecule has 2 fully saturated rings. The first-order valence-electron chi connectivity index (χ1n) is 8.94. The largest absolute Gasteiger partial charge is 0.378 e. The topological polar surface area (TPSA) is 50.1 Å². The van der Waals surface area contributed by atoms with Crippen molar-refractivity contribution in [3.8, 4) is 0 Å². The monoisotopic (exact) mass is 326 g/mol. The summed E-state index contributed by atoms with van der Waals surface area (Å²) in [6, 6.07) is 9.40. The van der Waals surface area contributed by atoms with E-state index in [9.17, 15) is 0 Å². The van der Waals surface area contributed by atoms with Crippen LogP contribution in [0.3, 0.4) is 0 Å². The van der Waals surface area contributed by atoms with Crippen molar-refractivity contribution >= 4 is 5.69 Å². The number of nitrogens with zero attached hydrogens (tertiary/aromatic N) is 6. The number of rotatable bonds is 8. The molecule has 2 aromatic rings. The summed E-state index contributed by atoms with van der Waals surface area (Å²) < 4.78 is 2.04. The summed E-state index contributed by atoms with van der Waals surface area (Å²) >= 11 is 0. The molecule has 2 aliphatic carbocycles. The van der Waals surface area contributed by atoms with Crippen molar-refractivity contribution in [3.63, 3.8) is 0 Å². The molecule has 0 N–H and O–H groups in total. The van der Waals surface area contributed by atoms with Crippen LogP contribution in [0.5, 0.6) is 0 Å². The van der Waals surface area contributed by atoms with Crippen LogP contribution < -0.4 is 4.90 Å². The zero-order chi connectivity index (χ0) is 16.5. The lowest BCUT2D eigenvalue weighted by molar-refractivity contribution is 0.235. The predicted molar refractivity (Wildman–Crippen MR) is 93.7 cm³/mol. The van der Waals surface area contributed by atoms with Gasteiger partial charge in [0.05, 0.1) is 12.6 Å². The Morgan fingerprint density at radius 1 is 1.04 bits per heavy atom. The molecule has 0 radical (unpaired) electrons. The molecule has 6 heteroatoms. The maximum atomic E-state index is 4.28. The summed E-state index contributed by atoms with van der Waals surface area (Å²) in [4.78, 5) is 4.64. The molecule has 1 aromatic carbocycles. The number of anilines is 1. The number of tetrazole rings is 1. The lowest BCUT2D eigenvalue weighted by atomic mass is 10.1. The first-order chi connectivity index (χ1) is 11.7. The normalized spacial score (nSPS) is 17.5. The Hall–Kier alpha value is -1.95. The maximum Gasteiger partial charge on any atom is 0.165 e. The lowest BCUT2D eigenvalue weighted by Crippen LogP contribution is -2.27. The minimum atomic E-state index is 0.539. The highest BCUT2D eigenvalue weighted by Crippen LogP contribution is 2.35. The van der Waals surface area contributed by atoms with E-state index < -0.39 is 0 Å². The molecule has 128 valence electrons. The molecule has 1 aromatic heterocycles. The van der Waals surface area contributed by atoms with Crippen LogP contribution in [0.4, 0.5) is 5.69 Å². The van der Waals surface area contributed by atoms with E-state index in [0.29, 0.717) is 6.04 Å². The summed E-state index contributed by atoms with van der Waals surface area (Å²) in [6.45, 7) is 2.95. The Bertz CT molecular complexity index is 669. The summed E-state index contributed by atoms with van der Waals surface area (Å²) in [7, 11) is 4.15. The van der Waals surface area contributed by atoms with E-state index in [1.54, 1.807) is 0 Å². The summed E-state index contributed by atoms with van der Waals surface area (Å²) in [6.07, 6.45) is 5.16. The lowest BCUT2D eigenvalue weighted by Gasteiger charge is -2.22. The third-order valence-corrected chi connectivity index (χ3v) is 4.89.